The molecule has 1 aromatic rings. The monoisotopic (exact) mass is 242 g/mol. The van der Waals surface area contributed by atoms with Gasteiger partial charge in [-0.2, -0.15) is 5.26 Å². The number of nitrogens with one attached hydrogen (secondary N) is 1. The topological polar surface area (TPSA) is 35.8 Å². The zero-order valence-corrected chi connectivity index (χ0v) is 11.2. The number of rotatable bonds is 4. The van der Waals surface area contributed by atoms with Crippen molar-refractivity contribution >= 4 is 0 Å². The molecule has 1 fully saturated rings. The molecule has 2 atom stereocenters. The van der Waals surface area contributed by atoms with Crippen molar-refractivity contribution in [3.05, 3.63) is 35.4 Å². The Balaban J connectivity index is 1.76. The van der Waals surface area contributed by atoms with E-state index in [9.17, 15) is 0 Å². The standard InChI is InChI=1S/C16H22N2/c1-13-4-2-6-15(8-13)11-18-12-16-7-3-5-14(9-16)10-17/h3,5,7,9,13,15,18H,2,4,6,8,11-12H2,1H3. The summed E-state index contributed by atoms with van der Waals surface area (Å²) in [5.41, 5.74) is 1.96. The van der Waals surface area contributed by atoms with Crippen LogP contribution in [0.4, 0.5) is 0 Å². The summed E-state index contributed by atoms with van der Waals surface area (Å²) in [6, 6.07) is 10.0. The third-order valence-corrected chi connectivity index (χ3v) is 3.86. The fraction of sp³-hybridized carbons (Fsp3) is 0.562. The average molecular weight is 242 g/mol. The van der Waals surface area contributed by atoms with Gasteiger partial charge in [0.1, 0.15) is 0 Å². The van der Waals surface area contributed by atoms with Crippen LogP contribution in [-0.2, 0) is 6.54 Å². The molecule has 1 aliphatic rings. The van der Waals surface area contributed by atoms with Crippen LogP contribution in [0.3, 0.4) is 0 Å². The van der Waals surface area contributed by atoms with Crippen LogP contribution in [0.15, 0.2) is 24.3 Å². The summed E-state index contributed by atoms with van der Waals surface area (Å²) in [6.45, 7) is 4.35. The Morgan fingerprint density at radius 1 is 1.39 bits per heavy atom. The lowest BCUT2D eigenvalue weighted by Crippen LogP contribution is -2.26. The summed E-state index contributed by atoms with van der Waals surface area (Å²) in [5.74, 6) is 1.74. The smallest absolute Gasteiger partial charge is 0.0991 e. The third-order valence-electron chi connectivity index (χ3n) is 3.86. The fourth-order valence-corrected chi connectivity index (χ4v) is 2.92. The van der Waals surface area contributed by atoms with Crippen molar-refractivity contribution < 1.29 is 0 Å². The Morgan fingerprint density at radius 2 is 2.28 bits per heavy atom. The first kappa shape index (κ1) is 13.1. The van der Waals surface area contributed by atoms with Gasteiger partial charge in [0.15, 0.2) is 0 Å². The van der Waals surface area contributed by atoms with Gasteiger partial charge in [-0.25, -0.2) is 0 Å². The van der Waals surface area contributed by atoms with Gasteiger partial charge in [-0.1, -0.05) is 31.9 Å². The maximum atomic E-state index is 8.85. The largest absolute Gasteiger partial charge is 0.312 e. The average Bonchev–Trinajstić information content (AvgIpc) is 2.39. The molecule has 0 aromatic heterocycles. The summed E-state index contributed by atoms with van der Waals surface area (Å²) < 4.78 is 0. The van der Waals surface area contributed by atoms with E-state index in [2.05, 4.69) is 24.4 Å². The molecule has 96 valence electrons. The summed E-state index contributed by atoms with van der Waals surface area (Å²) in [5, 5.41) is 12.4. The maximum absolute atomic E-state index is 8.85. The van der Waals surface area contributed by atoms with E-state index in [4.69, 9.17) is 5.26 Å². The van der Waals surface area contributed by atoms with E-state index in [0.717, 1.165) is 30.5 Å². The zero-order chi connectivity index (χ0) is 12.8. The highest BCUT2D eigenvalue weighted by atomic mass is 14.9. The number of nitrogens with zero attached hydrogens (tertiary/aromatic N) is 1. The van der Waals surface area contributed by atoms with Gasteiger partial charge >= 0.3 is 0 Å². The quantitative estimate of drug-likeness (QED) is 0.877. The van der Waals surface area contributed by atoms with E-state index < -0.39 is 0 Å². The SMILES string of the molecule is CC1CCCC(CNCc2cccc(C#N)c2)C1. The molecule has 2 heteroatoms. The molecule has 0 radical (unpaired) electrons. The van der Waals surface area contributed by atoms with Gasteiger partial charge in [0, 0.05) is 6.54 Å². The Kier molecular flexibility index (Phi) is 4.78. The number of nitriles is 1. The summed E-state index contributed by atoms with van der Waals surface area (Å²) >= 11 is 0. The molecule has 18 heavy (non-hydrogen) atoms. The maximum Gasteiger partial charge on any atom is 0.0991 e. The highest BCUT2D eigenvalue weighted by Crippen LogP contribution is 2.27. The molecule has 2 nitrogen and oxygen atoms in total. The second kappa shape index (κ2) is 6.56. The van der Waals surface area contributed by atoms with Gasteiger partial charge in [-0.3, -0.25) is 0 Å². The minimum absolute atomic E-state index is 0.751. The molecule has 0 spiro atoms. The number of benzene rings is 1. The first-order chi connectivity index (χ1) is 8.78. The Hall–Kier alpha value is -1.33. The normalized spacial score (nSPS) is 23.6. The first-order valence-electron chi connectivity index (χ1n) is 6.97. The van der Waals surface area contributed by atoms with Crippen molar-refractivity contribution in [2.75, 3.05) is 6.54 Å². The van der Waals surface area contributed by atoms with E-state index >= 15 is 0 Å². The van der Waals surface area contributed by atoms with Gasteiger partial charge in [0.25, 0.3) is 0 Å². The van der Waals surface area contributed by atoms with Crippen LogP contribution in [0, 0.1) is 23.2 Å². The van der Waals surface area contributed by atoms with Crippen molar-refractivity contribution in [3.8, 4) is 6.07 Å². The van der Waals surface area contributed by atoms with E-state index in [1.54, 1.807) is 0 Å². The molecule has 0 aliphatic heterocycles. The molecular weight excluding hydrogens is 220 g/mol. The fourth-order valence-electron chi connectivity index (χ4n) is 2.92. The lowest BCUT2D eigenvalue weighted by atomic mass is 9.82. The van der Waals surface area contributed by atoms with Crippen LogP contribution >= 0.6 is 0 Å². The molecular formula is C16H22N2. The van der Waals surface area contributed by atoms with Crippen molar-refractivity contribution in [2.24, 2.45) is 11.8 Å². The Bertz CT molecular complexity index is 419. The highest BCUT2D eigenvalue weighted by Gasteiger charge is 2.18. The molecule has 0 heterocycles. The molecule has 0 bridgehead atoms. The van der Waals surface area contributed by atoms with Crippen LogP contribution < -0.4 is 5.32 Å². The van der Waals surface area contributed by atoms with Crippen LogP contribution in [0.2, 0.25) is 0 Å². The molecule has 1 saturated carbocycles. The molecule has 1 aromatic carbocycles. The van der Waals surface area contributed by atoms with Crippen LogP contribution in [0.25, 0.3) is 0 Å². The third kappa shape index (κ3) is 3.85. The lowest BCUT2D eigenvalue weighted by molar-refractivity contribution is 0.274. The lowest BCUT2D eigenvalue weighted by Gasteiger charge is -2.26. The molecule has 1 aliphatic carbocycles. The zero-order valence-electron chi connectivity index (χ0n) is 11.2. The van der Waals surface area contributed by atoms with E-state index in [1.165, 1.54) is 31.2 Å². The van der Waals surface area contributed by atoms with Crippen molar-refractivity contribution in [3.63, 3.8) is 0 Å². The second-order valence-electron chi connectivity index (χ2n) is 5.58. The molecule has 1 N–H and O–H groups in total. The molecule has 2 rings (SSSR count). The van der Waals surface area contributed by atoms with Crippen LogP contribution in [0.1, 0.15) is 43.7 Å². The van der Waals surface area contributed by atoms with E-state index in [-0.39, 0.29) is 0 Å². The van der Waals surface area contributed by atoms with Crippen LogP contribution in [-0.4, -0.2) is 6.54 Å². The van der Waals surface area contributed by atoms with Crippen molar-refractivity contribution in [2.45, 2.75) is 39.2 Å². The second-order valence-corrected chi connectivity index (χ2v) is 5.58. The van der Waals surface area contributed by atoms with E-state index in [0.29, 0.717) is 0 Å². The summed E-state index contributed by atoms with van der Waals surface area (Å²) in [4.78, 5) is 0. The van der Waals surface area contributed by atoms with Gasteiger partial charge in [0.2, 0.25) is 0 Å². The first-order valence-corrected chi connectivity index (χ1v) is 6.97. The van der Waals surface area contributed by atoms with Crippen molar-refractivity contribution in [1.82, 2.24) is 5.32 Å². The minimum Gasteiger partial charge on any atom is -0.312 e. The van der Waals surface area contributed by atoms with Gasteiger partial charge < -0.3 is 5.32 Å². The Labute approximate surface area is 110 Å². The summed E-state index contributed by atoms with van der Waals surface area (Å²) in [6.07, 6.45) is 5.53. The van der Waals surface area contributed by atoms with Crippen LogP contribution in [0.5, 0.6) is 0 Å². The molecule has 0 saturated heterocycles. The van der Waals surface area contributed by atoms with Gasteiger partial charge in [0.05, 0.1) is 11.6 Å². The number of hydrogen-bond acceptors (Lipinski definition) is 2. The van der Waals surface area contributed by atoms with E-state index in [1.807, 2.05) is 18.2 Å². The summed E-state index contributed by atoms with van der Waals surface area (Å²) in [7, 11) is 0. The highest BCUT2D eigenvalue weighted by molar-refractivity contribution is 5.32. The number of hydrogen-bond donors (Lipinski definition) is 1. The van der Waals surface area contributed by atoms with Gasteiger partial charge in [-0.05, 0) is 48.9 Å². The predicted molar refractivity (Wildman–Crippen MR) is 74.0 cm³/mol. The molecule has 2 unspecified atom stereocenters. The molecule has 0 amide bonds. The van der Waals surface area contributed by atoms with Gasteiger partial charge in [-0.15, -0.1) is 0 Å². The minimum atomic E-state index is 0.751. The van der Waals surface area contributed by atoms with Crippen molar-refractivity contribution in [1.29, 1.82) is 5.26 Å². The predicted octanol–water partition coefficient (Wildman–Crippen LogP) is 3.47. The Morgan fingerprint density at radius 3 is 3.06 bits per heavy atom.